The van der Waals surface area contributed by atoms with Gasteiger partial charge in [-0.15, -0.1) is 0 Å². The Balaban J connectivity index is 2.08. The molecule has 3 rings (SSSR count). The zero-order chi connectivity index (χ0) is 17.3. The molecule has 0 spiro atoms. The van der Waals surface area contributed by atoms with E-state index in [1.165, 1.54) is 6.07 Å². The molecule has 3 heterocycles. The van der Waals surface area contributed by atoms with E-state index in [1.807, 2.05) is 24.6 Å². The SMILES string of the molecule is CC(=N)/N=C(\NC(C)C)c1cn2c(n1)-c1cnc(O)cc1OCC2. The summed E-state index contributed by atoms with van der Waals surface area (Å²) >= 11 is 0. The van der Waals surface area contributed by atoms with Crippen LogP contribution in [-0.2, 0) is 6.54 Å². The van der Waals surface area contributed by atoms with Gasteiger partial charge in [-0.05, 0) is 20.8 Å². The normalized spacial score (nSPS) is 13.8. The van der Waals surface area contributed by atoms with Crippen LogP contribution >= 0.6 is 0 Å². The van der Waals surface area contributed by atoms with Crippen LogP contribution in [0.4, 0.5) is 0 Å². The quantitative estimate of drug-likeness (QED) is 0.575. The molecular formula is C16H20N6O2. The molecule has 0 amide bonds. The highest BCUT2D eigenvalue weighted by molar-refractivity contribution is 6.04. The van der Waals surface area contributed by atoms with Crippen molar-refractivity contribution < 1.29 is 9.84 Å². The van der Waals surface area contributed by atoms with Crippen molar-refractivity contribution >= 4 is 11.7 Å². The highest BCUT2D eigenvalue weighted by Gasteiger charge is 2.21. The van der Waals surface area contributed by atoms with E-state index in [-0.39, 0.29) is 17.8 Å². The Morgan fingerprint density at radius 3 is 3.00 bits per heavy atom. The van der Waals surface area contributed by atoms with Crippen LogP contribution in [0.1, 0.15) is 26.5 Å². The third kappa shape index (κ3) is 3.22. The summed E-state index contributed by atoms with van der Waals surface area (Å²) in [6.45, 7) is 6.72. The minimum Gasteiger partial charge on any atom is -0.493 e. The van der Waals surface area contributed by atoms with E-state index < -0.39 is 0 Å². The van der Waals surface area contributed by atoms with E-state index in [4.69, 9.17) is 10.1 Å². The number of imidazole rings is 1. The second kappa shape index (κ2) is 6.31. The molecule has 1 aliphatic heterocycles. The number of aliphatic imine (C=N–C) groups is 1. The Morgan fingerprint density at radius 1 is 1.50 bits per heavy atom. The largest absolute Gasteiger partial charge is 0.493 e. The monoisotopic (exact) mass is 328 g/mol. The highest BCUT2D eigenvalue weighted by Crippen LogP contribution is 2.33. The zero-order valence-corrected chi connectivity index (χ0v) is 13.9. The lowest BCUT2D eigenvalue weighted by Gasteiger charge is -2.11. The number of fused-ring (bicyclic) bond motifs is 3. The fourth-order valence-electron chi connectivity index (χ4n) is 2.49. The number of aromatic hydroxyl groups is 1. The Labute approximate surface area is 139 Å². The van der Waals surface area contributed by atoms with Crippen LogP contribution in [0.15, 0.2) is 23.5 Å². The Hall–Kier alpha value is -2.90. The van der Waals surface area contributed by atoms with Gasteiger partial charge in [-0.3, -0.25) is 5.41 Å². The van der Waals surface area contributed by atoms with Crippen LogP contribution < -0.4 is 10.1 Å². The Kier molecular flexibility index (Phi) is 4.20. The summed E-state index contributed by atoms with van der Waals surface area (Å²) in [6, 6.07) is 1.65. The Bertz CT molecular complexity index is 809. The molecular weight excluding hydrogens is 308 g/mol. The summed E-state index contributed by atoms with van der Waals surface area (Å²) in [5.74, 6) is 1.93. The maximum Gasteiger partial charge on any atom is 0.214 e. The third-order valence-corrected chi connectivity index (χ3v) is 3.41. The average molecular weight is 328 g/mol. The van der Waals surface area contributed by atoms with Gasteiger partial charge in [-0.2, -0.15) is 0 Å². The number of nitrogens with zero attached hydrogens (tertiary/aromatic N) is 4. The second-order valence-electron chi connectivity index (χ2n) is 5.88. The smallest absolute Gasteiger partial charge is 0.214 e. The predicted molar refractivity (Wildman–Crippen MR) is 90.8 cm³/mol. The fourth-order valence-corrected chi connectivity index (χ4v) is 2.49. The van der Waals surface area contributed by atoms with Crippen LogP contribution in [0, 0.1) is 5.41 Å². The van der Waals surface area contributed by atoms with Crippen molar-refractivity contribution in [3.63, 3.8) is 0 Å². The molecule has 3 N–H and O–H groups in total. The molecule has 0 saturated carbocycles. The van der Waals surface area contributed by atoms with Crippen molar-refractivity contribution in [1.29, 1.82) is 5.41 Å². The predicted octanol–water partition coefficient (Wildman–Crippen LogP) is 1.78. The van der Waals surface area contributed by atoms with E-state index >= 15 is 0 Å². The number of ether oxygens (including phenoxy) is 1. The van der Waals surface area contributed by atoms with Crippen LogP contribution in [-0.4, -0.2) is 44.0 Å². The van der Waals surface area contributed by atoms with Crippen molar-refractivity contribution in [3.05, 3.63) is 24.2 Å². The second-order valence-corrected chi connectivity index (χ2v) is 5.88. The van der Waals surface area contributed by atoms with Gasteiger partial charge < -0.3 is 19.7 Å². The molecule has 0 atom stereocenters. The topological polar surface area (TPSA) is 108 Å². The number of aromatic nitrogens is 3. The lowest BCUT2D eigenvalue weighted by Crippen LogP contribution is -2.32. The van der Waals surface area contributed by atoms with E-state index in [1.54, 1.807) is 13.1 Å². The van der Waals surface area contributed by atoms with Crippen LogP contribution in [0.2, 0.25) is 0 Å². The standard InChI is InChI=1S/C16H20N6O2/c1-9(2)19-15(20-10(3)17)12-8-22-4-5-24-13-6-14(23)18-7-11(13)16(22)21-12/h6-9H,4-5H2,1-3H3,(H,18,23)(H2,17,19,20). The number of rotatable bonds is 2. The van der Waals surface area contributed by atoms with Crippen LogP contribution in [0.25, 0.3) is 11.4 Å². The van der Waals surface area contributed by atoms with Gasteiger partial charge in [-0.1, -0.05) is 0 Å². The van der Waals surface area contributed by atoms with Gasteiger partial charge in [-0.25, -0.2) is 15.0 Å². The molecule has 126 valence electrons. The summed E-state index contributed by atoms with van der Waals surface area (Å²) in [6.07, 6.45) is 3.44. The van der Waals surface area contributed by atoms with Crippen molar-refractivity contribution in [2.24, 2.45) is 4.99 Å². The minimum atomic E-state index is -0.0860. The van der Waals surface area contributed by atoms with Crippen LogP contribution in [0.5, 0.6) is 11.6 Å². The number of hydrogen-bond acceptors (Lipinski definition) is 5. The molecule has 1 aliphatic rings. The molecule has 0 aromatic carbocycles. The van der Waals surface area contributed by atoms with E-state index in [0.29, 0.717) is 41.8 Å². The molecule has 8 nitrogen and oxygen atoms in total. The number of pyridine rings is 1. The molecule has 0 saturated heterocycles. The molecule has 2 aromatic rings. The third-order valence-electron chi connectivity index (χ3n) is 3.41. The maximum atomic E-state index is 9.55. The molecule has 0 fully saturated rings. The summed E-state index contributed by atoms with van der Waals surface area (Å²) in [4.78, 5) is 12.8. The van der Waals surface area contributed by atoms with Gasteiger partial charge in [0.2, 0.25) is 5.88 Å². The van der Waals surface area contributed by atoms with Crippen molar-refractivity contribution in [2.75, 3.05) is 6.61 Å². The molecule has 0 radical (unpaired) electrons. The summed E-state index contributed by atoms with van der Waals surface area (Å²) in [7, 11) is 0. The molecule has 2 aromatic heterocycles. The first kappa shape index (κ1) is 16.0. The first-order chi connectivity index (χ1) is 11.4. The molecule has 8 heteroatoms. The number of hydrogen-bond donors (Lipinski definition) is 3. The fraction of sp³-hybridized carbons (Fsp3) is 0.375. The summed E-state index contributed by atoms with van der Waals surface area (Å²) < 4.78 is 7.63. The summed E-state index contributed by atoms with van der Waals surface area (Å²) in [5, 5.41) is 20.4. The average Bonchev–Trinajstić information content (AvgIpc) is 2.83. The molecule has 0 bridgehead atoms. The molecule has 0 unspecified atom stereocenters. The zero-order valence-electron chi connectivity index (χ0n) is 13.9. The number of nitrogens with one attached hydrogen (secondary N) is 2. The van der Waals surface area contributed by atoms with Gasteiger partial charge in [0, 0.05) is 24.5 Å². The number of amidine groups is 2. The van der Waals surface area contributed by atoms with Gasteiger partial charge in [0.25, 0.3) is 0 Å². The van der Waals surface area contributed by atoms with E-state index in [2.05, 4.69) is 20.3 Å². The van der Waals surface area contributed by atoms with Crippen molar-refractivity contribution in [1.82, 2.24) is 19.9 Å². The maximum absolute atomic E-state index is 9.55. The van der Waals surface area contributed by atoms with E-state index in [0.717, 1.165) is 0 Å². The molecule has 0 aliphatic carbocycles. The summed E-state index contributed by atoms with van der Waals surface area (Å²) in [5.41, 5.74) is 1.37. The lowest BCUT2D eigenvalue weighted by atomic mass is 10.2. The highest BCUT2D eigenvalue weighted by atomic mass is 16.5. The minimum absolute atomic E-state index is 0.0860. The van der Waals surface area contributed by atoms with Crippen molar-refractivity contribution in [2.45, 2.75) is 33.4 Å². The first-order valence-corrected chi connectivity index (χ1v) is 7.74. The van der Waals surface area contributed by atoms with Gasteiger partial charge in [0.15, 0.2) is 5.84 Å². The first-order valence-electron chi connectivity index (χ1n) is 7.74. The van der Waals surface area contributed by atoms with Crippen molar-refractivity contribution in [3.8, 4) is 23.0 Å². The van der Waals surface area contributed by atoms with Gasteiger partial charge >= 0.3 is 0 Å². The lowest BCUT2D eigenvalue weighted by molar-refractivity contribution is 0.304. The van der Waals surface area contributed by atoms with Crippen LogP contribution in [0.3, 0.4) is 0 Å². The molecule has 24 heavy (non-hydrogen) atoms. The van der Waals surface area contributed by atoms with E-state index in [9.17, 15) is 5.11 Å². The van der Waals surface area contributed by atoms with Gasteiger partial charge in [0.05, 0.1) is 12.1 Å². The van der Waals surface area contributed by atoms with Gasteiger partial charge in [0.1, 0.15) is 29.7 Å². The Morgan fingerprint density at radius 2 is 2.29 bits per heavy atom.